The number of hydrogen-bond acceptors (Lipinski definition) is 5. The van der Waals surface area contributed by atoms with Gasteiger partial charge >= 0.3 is 10.2 Å². The van der Waals surface area contributed by atoms with Crippen molar-refractivity contribution in [3.05, 3.63) is 36.8 Å². The van der Waals surface area contributed by atoms with Gasteiger partial charge in [-0.15, -0.1) is 0 Å². The minimum Gasteiger partial charge on any atom is -0.347 e. The van der Waals surface area contributed by atoms with Crippen LogP contribution < -0.4 is 9.03 Å². The second-order valence-corrected chi connectivity index (χ2v) is 5.04. The summed E-state index contributed by atoms with van der Waals surface area (Å²) in [6, 6.07) is 4.60. The molecular formula is C10H11N5O3S. The van der Waals surface area contributed by atoms with Crippen molar-refractivity contribution in [2.24, 2.45) is 0 Å². The van der Waals surface area contributed by atoms with Gasteiger partial charge in [0.05, 0.1) is 0 Å². The summed E-state index contributed by atoms with van der Waals surface area (Å²) in [7, 11) is -4.12. The minimum atomic E-state index is -4.12. The molecule has 8 nitrogen and oxygen atoms in total. The van der Waals surface area contributed by atoms with Crippen molar-refractivity contribution in [2.75, 3.05) is 9.03 Å². The highest BCUT2D eigenvalue weighted by atomic mass is 32.2. The molecule has 2 N–H and O–H groups in total. The van der Waals surface area contributed by atoms with Crippen LogP contribution in [0.4, 0.5) is 11.8 Å². The van der Waals surface area contributed by atoms with Crippen LogP contribution in [0.2, 0.25) is 0 Å². The largest absolute Gasteiger partial charge is 0.347 e. The summed E-state index contributed by atoms with van der Waals surface area (Å²) in [5.41, 5.74) is 0. The Morgan fingerprint density at radius 1 is 1.32 bits per heavy atom. The molecule has 0 bridgehead atoms. The molecule has 0 saturated heterocycles. The Morgan fingerprint density at radius 2 is 2.00 bits per heavy atom. The maximum absolute atomic E-state index is 12.1. The molecule has 0 saturated carbocycles. The Balaban J connectivity index is 2.34. The van der Waals surface area contributed by atoms with Crippen molar-refractivity contribution in [3.8, 4) is 0 Å². The smallest absolute Gasteiger partial charge is 0.334 e. The third-order valence-electron chi connectivity index (χ3n) is 2.11. The Hall–Kier alpha value is -2.42. The molecule has 1 amide bonds. The molecular weight excluding hydrogens is 270 g/mol. The maximum atomic E-state index is 12.1. The first-order valence-electron chi connectivity index (χ1n) is 5.25. The number of H-pyrrole nitrogens is 1. The standard InChI is InChI=1S/C10H11N5O3S/c1-8(16)15(9-4-2-5-11-9)19(17,18)14-10-12-6-3-7-13-10/h2-7,11H,1H3,(H,12,13,14). The average Bonchev–Trinajstić information content (AvgIpc) is 2.82. The maximum Gasteiger partial charge on any atom is 0.334 e. The third kappa shape index (κ3) is 2.88. The summed E-state index contributed by atoms with van der Waals surface area (Å²) in [5, 5.41) is 0. The van der Waals surface area contributed by atoms with Crippen molar-refractivity contribution < 1.29 is 13.2 Å². The first-order valence-corrected chi connectivity index (χ1v) is 6.69. The van der Waals surface area contributed by atoms with E-state index in [1.165, 1.54) is 24.7 Å². The lowest BCUT2D eigenvalue weighted by molar-refractivity contribution is -0.115. The molecule has 19 heavy (non-hydrogen) atoms. The van der Waals surface area contributed by atoms with E-state index in [2.05, 4.69) is 19.7 Å². The minimum absolute atomic E-state index is 0.111. The van der Waals surface area contributed by atoms with E-state index in [0.29, 0.717) is 4.31 Å². The summed E-state index contributed by atoms with van der Waals surface area (Å²) in [6.07, 6.45) is 4.29. The van der Waals surface area contributed by atoms with E-state index in [1.54, 1.807) is 12.1 Å². The molecule has 0 radical (unpaired) electrons. The number of carbonyl (C=O) groups is 1. The summed E-state index contributed by atoms with van der Waals surface area (Å²) in [4.78, 5) is 21.7. The van der Waals surface area contributed by atoms with Gasteiger partial charge in [-0.2, -0.15) is 12.7 Å². The monoisotopic (exact) mass is 281 g/mol. The van der Waals surface area contributed by atoms with E-state index in [-0.39, 0.29) is 11.8 Å². The number of carbonyl (C=O) groups excluding carboxylic acids is 1. The van der Waals surface area contributed by atoms with E-state index in [1.807, 2.05) is 0 Å². The molecule has 0 aromatic carbocycles. The zero-order valence-corrected chi connectivity index (χ0v) is 10.8. The lowest BCUT2D eigenvalue weighted by atomic mass is 10.6. The Kier molecular flexibility index (Phi) is 3.47. The first-order chi connectivity index (χ1) is 9.00. The van der Waals surface area contributed by atoms with E-state index in [4.69, 9.17) is 0 Å². The first kappa shape index (κ1) is 13.0. The molecule has 0 aliphatic carbocycles. The molecule has 0 atom stereocenters. The molecule has 2 rings (SSSR count). The third-order valence-corrected chi connectivity index (χ3v) is 3.49. The molecule has 0 fully saturated rings. The van der Waals surface area contributed by atoms with Crippen LogP contribution in [-0.4, -0.2) is 29.3 Å². The quantitative estimate of drug-likeness (QED) is 0.849. The van der Waals surface area contributed by atoms with Crippen LogP contribution in [0.25, 0.3) is 0 Å². The van der Waals surface area contributed by atoms with Gasteiger partial charge in [-0.1, -0.05) is 0 Å². The fraction of sp³-hybridized carbons (Fsp3) is 0.100. The SMILES string of the molecule is CC(=O)N(c1ccc[nH]1)S(=O)(=O)Nc1ncccn1. The van der Waals surface area contributed by atoms with Crippen LogP contribution in [0.3, 0.4) is 0 Å². The number of rotatable bonds is 4. The number of hydrogen-bond donors (Lipinski definition) is 2. The fourth-order valence-electron chi connectivity index (χ4n) is 1.43. The van der Waals surface area contributed by atoms with Crippen LogP contribution in [0.1, 0.15) is 6.92 Å². The molecule has 0 aliphatic rings. The van der Waals surface area contributed by atoms with Crippen LogP contribution in [0, 0.1) is 0 Å². The van der Waals surface area contributed by atoms with Crippen LogP contribution >= 0.6 is 0 Å². The van der Waals surface area contributed by atoms with Gasteiger partial charge in [0.2, 0.25) is 11.9 Å². The van der Waals surface area contributed by atoms with Crippen molar-refractivity contribution in [2.45, 2.75) is 6.92 Å². The van der Waals surface area contributed by atoms with Gasteiger partial charge in [-0.05, 0) is 18.2 Å². The van der Waals surface area contributed by atoms with Gasteiger partial charge in [0.1, 0.15) is 5.82 Å². The zero-order chi connectivity index (χ0) is 13.9. The lowest BCUT2D eigenvalue weighted by Crippen LogP contribution is -2.40. The molecule has 2 aromatic heterocycles. The fourth-order valence-corrected chi connectivity index (χ4v) is 2.57. The number of anilines is 2. The van der Waals surface area contributed by atoms with Crippen molar-refractivity contribution in [3.63, 3.8) is 0 Å². The molecule has 0 aliphatic heterocycles. The molecule has 2 aromatic rings. The normalized spacial score (nSPS) is 11.0. The van der Waals surface area contributed by atoms with Crippen LogP contribution in [-0.2, 0) is 15.0 Å². The molecule has 2 heterocycles. The number of aromatic nitrogens is 3. The van der Waals surface area contributed by atoms with Crippen molar-refractivity contribution in [1.82, 2.24) is 15.0 Å². The highest BCUT2D eigenvalue weighted by molar-refractivity contribution is 7.94. The van der Waals surface area contributed by atoms with Crippen LogP contribution in [0.5, 0.6) is 0 Å². The Bertz CT molecular complexity index is 654. The number of aromatic amines is 1. The molecule has 100 valence electrons. The summed E-state index contributed by atoms with van der Waals surface area (Å²) in [5.74, 6) is -0.637. The van der Waals surface area contributed by atoms with Gasteiger partial charge < -0.3 is 4.98 Å². The molecule has 0 spiro atoms. The second-order valence-electron chi connectivity index (χ2n) is 3.52. The van der Waals surface area contributed by atoms with E-state index in [9.17, 15) is 13.2 Å². The average molecular weight is 281 g/mol. The number of nitrogens with one attached hydrogen (secondary N) is 2. The summed E-state index contributed by atoms with van der Waals surface area (Å²) in [6.45, 7) is 1.14. The Labute approximate surface area is 109 Å². The molecule has 9 heteroatoms. The molecule has 0 unspecified atom stereocenters. The highest BCUT2D eigenvalue weighted by Crippen LogP contribution is 2.16. The zero-order valence-electron chi connectivity index (χ0n) is 9.94. The summed E-state index contributed by atoms with van der Waals surface area (Å²) < 4.78 is 27.0. The van der Waals surface area contributed by atoms with E-state index >= 15 is 0 Å². The van der Waals surface area contributed by atoms with Gasteiger partial charge in [-0.25, -0.2) is 14.7 Å². The topological polar surface area (TPSA) is 108 Å². The number of nitrogens with zero attached hydrogens (tertiary/aromatic N) is 3. The van der Waals surface area contributed by atoms with Crippen molar-refractivity contribution in [1.29, 1.82) is 0 Å². The predicted octanol–water partition coefficient (Wildman–Crippen LogP) is 0.514. The van der Waals surface area contributed by atoms with Gasteiger partial charge in [0.25, 0.3) is 0 Å². The lowest BCUT2D eigenvalue weighted by Gasteiger charge is -2.19. The van der Waals surface area contributed by atoms with E-state index in [0.717, 1.165) is 6.92 Å². The highest BCUT2D eigenvalue weighted by Gasteiger charge is 2.28. The second kappa shape index (κ2) is 5.06. The Morgan fingerprint density at radius 3 is 2.53 bits per heavy atom. The van der Waals surface area contributed by atoms with Gasteiger partial charge in [-0.3, -0.25) is 4.79 Å². The predicted molar refractivity (Wildman–Crippen MR) is 68.5 cm³/mol. The van der Waals surface area contributed by atoms with Crippen LogP contribution in [0.15, 0.2) is 36.8 Å². The van der Waals surface area contributed by atoms with E-state index < -0.39 is 16.1 Å². The van der Waals surface area contributed by atoms with Gasteiger partial charge in [0, 0.05) is 25.5 Å². The van der Waals surface area contributed by atoms with Gasteiger partial charge in [0.15, 0.2) is 0 Å². The van der Waals surface area contributed by atoms with Crippen molar-refractivity contribution >= 4 is 27.9 Å². The summed E-state index contributed by atoms with van der Waals surface area (Å²) >= 11 is 0. The number of amides is 1.